The molecule has 0 radical (unpaired) electrons. The Balaban J connectivity index is 1.81. The Kier molecular flexibility index (Phi) is 7.59. The topological polar surface area (TPSA) is 58.6 Å². The van der Waals surface area contributed by atoms with E-state index in [9.17, 15) is 8.42 Å². The Labute approximate surface area is 183 Å². The van der Waals surface area contributed by atoms with Crippen molar-refractivity contribution in [3.63, 3.8) is 0 Å². The first kappa shape index (κ1) is 22.5. The number of nitrogens with one attached hydrogen (secondary N) is 1. The van der Waals surface area contributed by atoms with Gasteiger partial charge < -0.3 is 9.64 Å². The monoisotopic (exact) mass is 456 g/mol. The van der Waals surface area contributed by atoms with Crippen molar-refractivity contribution in [1.82, 2.24) is 9.62 Å². The van der Waals surface area contributed by atoms with E-state index in [1.807, 2.05) is 31.1 Å². The predicted octanol–water partition coefficient (Wildman–Crippen LogP) is 4.82. The summed E-state index contributed by atoms with van der Waals surface area (Å²) >= 11 is 12.1. The van der Waals surface area contributed by atoms with E-state index in [0.29, 0.717) is 16.6 Å². The van der Waals surface area contributed by atoms with Crippen LogP contribution >= 0.6 is 23.2 Å². The number of ether oxygens (including phenoxy) is 1. The molecular formula is C21H26Cl2N2O3S. The standard InChI is InChI=1S/C21H26Cl2N2O3S/c1-25(2)14-20(16-8-11-18(22)19(23)13-16)24-29(26,27)17-9-6-15(7-10-17)21-5-3-4-12-28-21/h6-11,13,20-21,24H,3-5,12,14H2,1-2H3/t20?,21-/m0/s1. The van der Waals surface area contributed by atoms with Crippen LogP contribution in [-0.2, 0) is 14.8 Å². The van der Waals surface area contributed by atoms with Crippen LogP contribution in [0.5, 0.6) is 0 Å². The van der Waals surface area contributed by atoms with E-state index >= 15 is 0 Å². The van der Waals surface area contributed by atoms with Crippen molar-refractivity contribution in [2.24, 2.45) is 0 Å². The van der Waals surface area contributed by atoms with Crippen LogP contribution in [0.3, 0.4) is 0 Å². The Morgan fingerprint density at radius 3 is 2.41 bits per heavy atom. The summed E-state index contributed by atoms with van der Waals surface area (Å²) in [5.74, 6) is 0. The van der Waals surface area contributed by atoms with Crippen molar-refractivity contribution in [3.05, 3.63) is 63.6 Å². The molecule has 5 nitrogen and oxygen atoms in total. The molecule has 1 saturated heterocycles. The molecule has 29 heavy (non-hydrogen) atoms. The van der Waals surface area contributed by atoms with Gasteiger partial charge in [0.05, 0.1) is 27.1 Å². The van der Waals surface area contributed by atoms with Crippen LogP contribution < -0.4 is 4.72 Å². The number of sulfonamides is 1. The molecule has 2 aromatic rings. The van der Waals surface area contributed by atoms with Crippen LogP contribution in [-0.4, -0.2) is 40.6 Å². The summed E-state index contributed by atoms with van der Waals surface area (Å²) in [7, 11) is 0.0561. The highest BCUT2D eigenvalue weighted by Gasteiger charge is 2.23. The summed E-state index contributed by atoms with van der Waals surface area (Å²) < 4.78 is 34.6. The highest BCUT2D eigenvalue weighted by Crippen LogP contribution is 2.29. The number of rotatable bonds is 7. The van der Waals surface area contributed by atoms with E-state index in [-0.39, 0.29) is 11.0 Å². The van der Waals surface area contributed by atoms with Crippen LogP contribution in [0, 0.1) is 0 Å². The summed E-state index contributed by atoms with van der Waals surface area (Å²) in [5.41, 5.74) is 1.77. The zero-order valence-corrected chi connectivity index (χ0v) is 18.9. The molecule has 1 fully saturated rings. The Morgan fingerprint density at radius 1 is 1.10 bits per heavy atom. The molecule has 0 amide bonds. The first-order valence-electron chi connectivity index (χ1n) is 9.60. The molecule has 1 heterocycles. The van der Waals surface area contributed by atoms with Gasteiger partial charge in [-0.1, -0.05) is 41.4 Å². The number of hydrogen-bond acceptors (Lipinski definition) is 4. The minimum absolute atomic E-state index is 0.0474. The Morgan fingerprint density at radius 2 is 1.83 bits per heavy atom. The highest BCUT2D eigenvalue weighted by atomic mass is 35.5. The van der Waals surface area contributed by atoms with Crippen LogP contribution in [0.4, 0.5) is 0 Å². The maximum absolute atomic E-state index is 13.0. The van der Waals surface area contributed by atoms with Gasteiger partial charge in [-0.05, 0) is 68.8 Å². The fraction of sp³-hybridized carbons (Fsp3) is 0.429. The highest BCUT2D eigenvalue weighted by molar-refractivity contribution is 7.89. The van der Waals surface area contributed by atoms with Gasteiger partial charge in [0.1, 0.15) is 0 Å². The van der Waals surface area contributed by atoms with Crippen LogP contribution in [0.1, 0.15) is 42.5 Å². The molecule has 2 atom stereocenters. The zero-order valence-electron chi connectivity index (χ0n) is 16.6. The van der Waals surface area contributed by atoms with Crippen LogP contribution in [0.15, 0.2) is 47.4 Å². The summed E-state index contributed by atoms with van der Waals surface area (Å²) in [4.78, 5) is 2.14. The molecule has 158 valence electrons. The molecule has 1 aliphatic rings. The summed E-state index contributed by atoms with van der Waals surface area (Å²) in [5, 5.41) is 0.825. The SMILES string of the molecule is CN(C)CC(NS(=O)(=O)c1ccc([C@@H]2CCCCO2)cc1)c1ccc(Cl)c(Cl)c1. The van der Waals surface area contributed by atoms with Gasteiger partial charge in [0.25, 0.3) is 0 Å². The zero-order chi connectivity index (χ0) is 21.0. The van der Waals surface area contributed by atoms with E-state index in [4.69, 9.17) is 27.9 Å². The van der Waals surface area contributed by atoms with E-state index < -0.39 is 16.1 Å². The quantitative estimate of drug-likeness (QED) is 0.648. The molecule has 1 N–H and O–H groups in total. The lowest BCUT2D eigenvalue weighted by Crippen LogP contribution is -2.35. The summed E-state index contributed by atoms with van der Waals surface area (Å²) in [6, 6.07) is 11.6. The molecule has 1 aliphatic heterocycles. The lowest BCUT2D eigenvalue weighted by Gasteiger charge is -2.24. The van der Waals surface area contributed by atoms with E-state index in [0.717, 1.165) is 37.0 Å². The number of nitrogens with zero attached hydrogens (tertiary/aromatic N) is 1. The number of halogens is 2. The number of benzene rings is 2. The van der Waals surface area contributed by atoms with Gasteiger partial charge >= 0.3 is 0 Å². The molecule has 0 aliphatic carbocycles. The second-order valence-electron chi connectivity index (χ2n) is 7.53. The van der Waals surface area contributed by atoms with Crippen molar-refractivity contribution >= 4 is 33.2 Å². The second-order valence-corrected chi connectivity index (χ2v) is 10.1. The van der Waals surface area contributed by atoms with Gasteiger partial charge in [-0.2, -0.15) is 0 Å². The van der Waals surface area contributed by atoms with Gasteiger partial charge in [0.2, 0.25) is 10.0 Å². The molecule has 8 heteroatoms. The Hall–Kier alpha value is -1.15. The summed E-state index contributed by atoms with van der Waals surface area (Å²) in [6.45, 7) is 1.23. The third kappa shape index (κ3) is 5.94. The first-order chi connectivity index (χ1) is 13.8. The molecular weight excluding hydrogens is 431 g/mol. The molecule has 0 aromatic heterocycles. The minimum atomic E-state index is -3.72. The van der Waals surface area contributed by atoms with Crippen LogP contribution in [0.2, 0.25) is 10.0 Å². The van der Waals surface area contributed by atoms with Crippen molar-refractivity contribution in [1.29, 1.82) is 0 Å². The molecule has 3 rings (SSSR count). The third-order valence-electron chi connectivity index (χ3n) is 4.93. The smallest absolute Gasteiger partial charge is 0.241 e. The lowest BCUT2D eigenvalue weighted by atomic mass is 10.0. The predicted molar refractivity (Wildman–Crippen MR) is 117 cm³/mol. The fourth-order valence-corrected chi connectivity index (χ4v) is 4.95. The van der Waals surface area contributed by atoms with Gasteiger partial charge in [0.15, 0.2) is 0 Å². The number of likely N-dealkylation sites (N-methyl/N-ethyl adjacent to an activating group) is 1. The van der Waals surface area contributed by atoms with E-state index in [1.54, 1.807) is 30.3 Å². The first-order valence-corrected chi connectivity index (χ1v) is 11.8. The van der Waals surface area contributed by atoms with Crippen molar-refractivity contribution in [3.8, 4) is 0 Å². The average molecular weight is 457 g/mol. The maximum atomic E-state index is 13.0. The van der Waals surface area contributed by atoms with Crippen molar-refractivity contribution < 1.29 is 13.2 Å². The molecule has 0 saturated carbocycles. The molecule has 0 spiro atoms. The number of hydrogen-bond donors (Lipinski definition) is 1. The third-order valence-corrected chi connectivity index (χ3v) is 7.16. The lowest BCUT2D eigenvalue weighted by molar-refractivity contribution is 0.0149. The molecule has 1 unspecified atom stereocenters. The average Bonchev–Trinajstić information content (AvgIpc) is 2.70. The fourth-order valence-electron chi connectivity index (χ4n) is 3.43. The second kappa shape index (κ2) is 9.77. The van der Waals surface area contributed by atoms with Crippen molar-refractivity contribution in [2.75, 3.05) is 27.2 Å². The van der Waals surface area contributed by atoms with Gasteiger partial charge in [0, 0.05) is 13.2 Å². The maximum Gasteiger partial charge on any atom is 0.241 e. The Bertz CT molecular complexity index is 927. The van der Waals surface area contributed by atoms with Gasteiger partial charge in [-0.15, -0.1) is 0 Å². The molecule has 0 bridgehead atoms. The van der Waals surface area contributed by atoms with Gasteiger partial charge in [-0.25, -0.2) is 13.1 Å². The van der Waals surface area contributed by atoms with E-state index in [1.165, 1.54) is 0 Å². The minimum Gasteiger partial charge on any atom is -0.374 e. The van der Waals surface area contributed by atoms with E-state index in [2.05, 4.69) is 4.72 Å². The van der Waals surface area contributed by atoms with Crippen molar-refractivity contribution in [2.45, 2.75) is 36.3 Å². The normalized spacial score (nSPS) is 18.7. The molecule has 2 aromatic carbocycles. The van der Waals surface area contributed by atoms with Crippen LogP contribution in [0.25, 0.3) is 0 Å². The summed E-state index contributed by atoms with van der Waals surface area (Å²) in [6.07, 6.45) is 3.22. The largest absolute Gasteiger partial charge is 0.374 e. The van der Waals surface area contributed by atoms with Gasteiger partial charge in [-0.3, -0.25) is 0 Å².